The number of benzene rings is 1. The number of fused-ring (bicyclic) bond motifs is 1. The Morgan fingerprint density at radius 1 is 1.50 bits per heavy atom. The molecule has 0 spiro atoms. The predicted octanol–water partition coefficient (Wildman–Crippen LogP) is 3.03. The maximum Gasteiger partial charge on any atom is 0.189 e. The van der Waals surface area contributed by atoms with E-state index in [0.717, 1.165) is 39.9 Å². The first-order valence-corrected chi connectivity index (χ1v) is 7.53. The van der Waals surface area contributed by atoms with Crippen molar-refractivity contribution in [3.8, 4) is 5.75 Å². The van der Waals surface area contributed by atoms with Crippen LogP contribution in [0.4, 0.5) is 0 Å². The van der Waals surface area contributed by atoms with E-state index in [1.54, 1.807) is 0 Å². The molecule has 1 aliphatic rings. The van der Waals surface area contributed by atoms with Crippen molar-refractivity contribution in [2.24, 2.45) is 11.7 Å². The van der Waals surface area contributed by atoms with E-state index in [9.17, 15) is 0 Å². The summed E-state index contributed by atoms with van der Waals surface area (Å²) in [5.74, 6) is 3.43. The Morgan fingerprint density at radius 2 is 2.33 bits per heavy atom. The lowest BCUT2D eigenvalue weighted by Gasteiger charge is -2.21. The number of nitrogens with two attached hydrogens (primary N) is 1. The van der Waals surface area contributed by atoms with Gasteiger partial charge >= 0.3 is 0 Å². The van der Waals surface area contributed by atoms with E-state index in [0.29, 0.717) is 19.3 Å². The smallest absolute Gasteiger partial charge is 0.189 e. The quantitative estimate of drug-likeness (QED) is 0.904. The van der Waals surface area contributed by atoms with Crippen LogP contribution in [0.25, 0.3) is 0 Å². The van der Waals surface area contributed by atoms with Crippen molar-refractivity contribution in [1.82, 2.24) is 0 Å². The van der Waals surface area contributed by atoms with Crippen LogP contribution in [0.3, 0.4) is 0 Å². The Hall–Kier alpha value is -0.420. The van der Waals surface area contributed by atoms with Gasteiger partial charge in [0.05, 0.1) is 6.61 Å². The molecule has 0 aromatic heterocycles. The summed E-state index contributed by atoms with van der Waals surface area (Å²) in [5.41, 5.74) is 7.80. The topological polar surface area (TPSA) is 44.5 Å². The van der Waals surface area contributed by atoms with E-state index >= 15 is 0 Å². The summed E-state index contributed by atoms with van der Waals surface area (Å²) >= 11 is 7.97. The first-order valence-electron chi connectivity index (χ1n) is 6.00. The molecule has 0 radical (unpaired) electrons. The Balaban J connectivity index is 2.05. The van der Waals surface area contributed by atoms with Crippen molar-refractivity contribution < 1.29 is 9.47 Å². The number of rotatable bonds is 5. The molecule has 1 aromatic carbocycles. The summed E-state index contributed by atoms with van der Waals surface area (Å²) in [4.78, 5) is 0. The second-order valence-electron chi connectivity index (χ2n) is 4.52. The van der Waals surface area contributed by atoms with Gasteiger partial charge in [-0.05, 0) is 30.3 Å². The molecule has 0 aliphatic carbocycles. The minimum absolute atomic E-state index is 0.325. The highest BCUT2D eigenvalue weighted by molar-refractivity contribution is 7.98. The lowest BCUT2D eigenvalue weighted by atomic mass is 10.1. The van der Waals surface area contributed by atoms with Gasteiger partial charge in [0.1, 0.15) is 5.75 Å². The highest BCUT2D eigenvalue weighted by atomic mass is 35.5. The van der Waals surface area contributed by atoms with Crippen LogP contribution in [-0.2, 0) is 17.1 Å². The number of ether oxygens (including phenoxy) is 2. The monoisotopic (exact) mass is 287 g/mol. The fraction of sp³-hybridized carbons (Fsp3) is 0.538. The van der Waals surface area contributed by atoms with Crippen molar-refractivity contribution in [3.63, 3.8) is 0 Å². The molecule has 18 heavy (non-hydrogen) atoms. The number of thioether (sulfide) groups is 1. The van der Waals surface area contributed by atoms with Crippen molar-refractivity contribution >= 4 is 23.4 Å². The van der Waals surface area contributed by atoms with E-state index in [1.807, 2.05) is 23.9 Å². The summed E-state index contributed by atoms with van der Waals surface area (Å²) in [6.07, 6.45) is 0. The average molecular weight is 288 g/mol. The van der Waals surface area contributed by atoms with E-state index in [1.165, 1.54) is 0 Å². The average Bonchev–Trinajstić information content (AvgIpc) is 2.38. The fourth-order valence-electron chi connectivity index (χ4n) is 1.80. The second-order valence-corrected chi connectivity index (χ2v) is 5.99. The van der Waals surface area contributed by atoms with Crippen LogP contribution in [-0.4, -0.2) is 19.1 Å². The molecule has 1 heterocycles. The summed E-state index contributed by atoms with van der Waals surface area (Å²) < 4.78 is 10.8. The molecular weight excluding hydrogens is 270 g/mol. The van der Waals surface area contributed by atoms with Crippen molar-refractivity contribution in [1.29, 1.82) is 0 Å². The Labute approximate surface area is 117 Å². The SMILES string of the molecule is CC(CN)CSCc1cc(Cl)cc2c1OCOC2. The molecule has 1 atom stereocenters. The van der Waals surface area contributed by atoms with Crippen LogP contribution in [0.2, 0.25) is 5.02 Å². The maximum atomic E-state index is 6.11. The van der Waals surface area contributed by atoms with E-state index in [4.69, 9.17) is 26.8 Å². The normalized spacial score (nSPS) is 15.9. The van der Waals surface area contributed by atoms with Gasteiger partial charge in [-0.1, -0.05) is 18.5 Å². The highest BCUT2D eigenvalue weighted by Crippen LogP contribution is 2.34. The molecule has 5 heteroatoms. The van der Waals surface area contributed by atoms with Crippen molar-refractivity contribution in [3.05, 3.63) is 28.3 Å². The van der Waals surface area contributed by atoms with Crippen LogP contribution >= 0.6 is 23.4 Å². The zero-order valence-electron chi connectivity index (χ0n) is 10.4. The van der Waals surface area contributed by atoms with E-state index in [2.05, 4.69) is 6.92 Å². The van der Waals surface area contributed by atoms with Crippen molar-refractivity contribution in [2.75, 3.05) is 19.1 Å². The van der Waals surface area contributed by atoms with Crippen molar-refractivity contribution in [2.45, 2.75) is 19.3 Å². The second kappa shape index (κ2) is 6.66. The van der Waals surface area contributed by atoms with Gasteiger partial charge in [0, 0.05) is 21.9 Å². The third kappa shape index (κ3) is 3.54. The molecule has 3 nitrogen and oxygen atoms in total. The number of hydrogen-bond donors (Lipinski definition) is 1. The summed E-state index contributed by atoms with van der Waals surface area (Å²) in [6.45, 7) is 3.79. The molecule has 0 amide bonds. The number of halogens is 1. The number of hydrogen-bond acceptors (Lipinski definition) is 4. The minimum Gasteiger partial charge on any atom is -0.467 e. The van der Waals surface area contributed by atoms with Gasteiger partial charge < -0.3 is 15.2 Å². The van der Waals surface area contributed by atoms with Crippen LogP contribution in [0.5, 0.6) is 5.75 Å². The van der Waals surface area contributed by atoms with Gasteiger partial charge in [0.15, 0.2) is 6.79 Å². The first-order chi connectivity index (χ1) is 8.70. The van der Waals surface area contributed by atoms with Crippen LogP contribution < -0.4 is 10.5 Å². The van der Waals surface area contributed by atoms with Gasteiger partial charge in [-0.2, -0.15) is 11.8 Å². The summed E-state index contributed by atoms with van der Waals surface area (Å²) in [5, 5.41) is 0.741. The minimum atomic E-state index is 0.325. The molecule has 1 unspecified atom stereocenters. The van der Waals surface area contributed by atoms with Crippen LogP contribution in [0.1, 0.15) is 18.1 Å². The molecule has 0 bridgehead atoms. The van der Waals surface area contributed by atoms with Gasteiger partial charge in [-0.3, -0.25) is 0 Å². The molecule has 0 fully saturated rings. The van der Waals surface area contributed by atoms with Gasteiger partial charge in [-0.25, -0.2) is 0 Å². The fourth-order valence-corrected chi connectivity index (χ4v) is 3.16. The Bertz CT molecular complexity index is 414. The molecule has 1 aliphatic heterocycles. The molecular formula is C13H18ClNO2S. The highest BCUT2D eigenvalue weighted by Gasteiger charge is 2.16. The third-order valence-electron chi connectivity index (χ3n) is 2.81. The Kier molecular flexibility index (Phi) is 5.18. The van der Waals surface area contributed by atoms with Gasteiger partial charge in [0.2, 0.25) is 0 Å². The lowest BCUT2D eigenvalue weighted by Crippen LogP contribution is -2.14. The van der Waals surface area contributed by atoms with E-state index in [-0.39, 0.29) is 0 Å². The van der Waals surface area contributed by atoms with Gasteiger partial charge in [-0.15, -0.1) is 0 Å². The lowest BCUT2D eigenvalue weighted by molar-refractivity contribution is -0.0168. The molecule has 100 valence electrons. The Morgan fingerprint density at radius 3 is 3.11 bits per heavy atom. The molecule has 2 rings (SSSR count). The summed E-state index contributed by atoms with van der Waals surface area (Å²) in [6, 6.07) is 3.89. The standard InChI is InChI=1S/C13H18ClNO2S/c1-9(4-15)6-18-7-11-3-12(14)2-10-5-16-8-17-13(10)11/h2-3,9H,4-8,15H2,1H3. The summed E-state index contributed by atoms with van der Waals surface area (Å²) in [7, 11) is 0. The third-order valence-corrected chi connectivity index (χ3v) is 4.35. The maximum absolute atomic E-state index is 6.11. The van der Waals surface area contributed by atoms with Crippen LogP contribution in [0.15, 0.2) is 12.1 Å². The van der Waals surface area contributed by atoms with E-state index < -0.39 is 0 Å². The largest absolute Gasteiger partial charge is 0.467 e. The molecule has 2 N–H and O–H groups in total. The molecule has 0 saturated carbocycles. The predicted molar refractivity (Wildman–Crippen MR) is 76.1 cm³/mol. The zero-order valence-corrected chi connectivity index (χ0v) is 12.0. The first kappa shape index (κ1) is 14.0. The molecule has 0 saturated heterocycles. The van der Waals surface area contributed by atoms with Gasteiger partial charge in [0.25, 0.3) is 0 Å². The zero-order chi connectivity index (χ0) is 13.0. The molecule has 1 aromatic rings. The van der Waals surface area contributed by atoms with Crippen LogP contribution in [0, 0.1) is 5.92 Å².